The van der Waals surface area contributed by atoms with E-state index in [4.69, 9.17) is 14.8 Å². The lowest BCUT2D eigenvalue weighted by Crippen LogP contribution is -2.27. The van der Waals surface area contributed by atoms with E-state index in [2.05, 4.69) is 56.4 Å². The highest BCUT2D eigenvalue weighted by Gasteiger charge is 2.24. The third-order valence-electron chi connectivity index (χ3n) is 4.22. The van der Waals surface area contributed by atoms with Gasteiger partial charge in [0.05, 0.1) is 6.04 Å². The van der Waals surface area contributed by atoms with E-state index in [1.165, 1.54) is 5.56 Å². The van der Waals surface area contributed by atoms with Gasteiger partial charge in [-0.3, -0.25) is 0 Å². The van der Waals surface area contributed by atoms with Crippen LogP contribution in [-0.2, 0) is 10.6 Å². The molecule has 138 valence electrons. The highest BCUT2D eigenvalue weighted by Crippen LogP contribution is 2.29. The molecule has 0 saturated carbocycles. The molecule has 0 saturated heterocycles. The smallest absolute Gasteiger partial charge is 0.191 e. The zero-order valence-electron chi connectivity index (χ0n) is 15.8. The molecule has 0 fully saturated rings. The third-order valence-corrected chi connectivity index (χ3v) is 5.14. The Kier molecular flexibility index (Phi) is 6.04. The van der Waals surface area contributed by atoms with E-state index in [1.807, 2.05) is 24.1 Å². The average molecular weight is 371 g/mol. The van der Waals surface area contributed by atoms with Crippen LogP contribution in [0.25, 0.3) is 0 Å². The average Bonchev–Trinajstić information content (AvgIpc) is 2.99. The maximum Gasteiger partial charge on any atom is 0.191 e. The van der Waals surface area contributed by atoms with Gasteiger partial charge >= 0.3 is 0 Å². The predicted molar refractivity (Wildman–Crippen MR) is 108 cm³/mol. The number of hydroxylamine groups is 1. The molecule has 0 radical (unpaired) electrons. The van der Waals surface area contributed by atoms with Crippen LogP contribution in [-0.4, -0.2) is 22.1 Å². The lowest BCUT2D eigenvalue weighted by Gasteiger charge is -2.23. The minimum atomic E-state index is 0.147. The molecule has 2 atom stereocenters. The minimum Gasteiger partial charge on any atom is -0.383 e. The molecule has 0 aliphatic carbocycles. The van der Waals surface area contributed by atoms with Gasteiger partial charge in [-0.1, -0.05) is 49.0 Å². The Labute approximate surface area is 159 Å². The number of nitrogens with one attached hydrogen (secondary N) is 1. The van der Waals surface area contributed by atoms with Crippen LogP contribution in [0.2, 0.25) is 0 Å². The highest BCUT2D eigenvalue weighted by molar-refractivity contribution is 7.98. The lowest BCUT2D eigenvalue weighted by molar-refractivity contribution is 0.195. The second kappa shape index (κ2) is 8.45. The van der Waals surface area contributed by atoms with Crippen LogP contribution < -0.4 is 10.4 Å². The van der Waals surface area contributed by atoms with Crippen molar-refractivity contribution in [2.24, 2.45) is 0 Å². The highest BCUT2D eigenvalue weighted by atomic mass is 32.2. The largest absolute Gasteiger partial charge is 0.383 e. The topological polar surface area (TPSA) is 50.3 Å². The van der Waals surface area contributed by atoms with Crippen LogP contribution in [0, 0.1) is 0 Å². The Bertz CT molecular complexity index is 766. The summed E-state index contributed by atoms with van der Waals surface area (Å²) in [4.78, 5) is 15.3. The first-order chi connectivity index (χ1) is 12.5. The fourth-order valence-electron chi connectivity index (χ4n) is 2.67. The molecule has 0 amide bonds. The third kappa shape index (κ3) is 4.69. The second-order valence-corrected chi connectivity index (χ2v) is 7.50. The van der Waals surface area contributed by atoms with Crippen LogP contribution in [0.1, 0.15) is 39.7 Å². The summed E-state index contributed by atoms with van der Waals surface area (Å²) in [6.45, 7) is 8.36. The Balaban J connectivity index is 1.82. The molecule has 2 heterocycles. The molecule has 1 aromatic carbocycles. The molecular formula is C20H26N4OS. The van der Waals surface area contributed by atoms with Crippen LogP contribution in [0.5, 0.6) is 0 Å². The second-order valence-electron chi connectivity index (χ2n) is 6.56. The van der Waals surface area contributed by atoms with Gasteiger partial charge < -0.3 is 10.2 Å². The summed E-state index contributed by atoms with van der Waals surface area (Å²) < 4.78 is 0. The lowest BCUT2D eigenvalue weighted by atomic mass is 10.2. The number of anilines is 2. The number of nitrogens with zero attached hydrogens (tertiary/aromatic N) is 3. The van der Waals surface area contributed by atoms with Crippen molar-refractivity contribution in [1.82, 2.24) is 9.97 Å². The van der Waals surface area contributed by atoms with Crippen LogP contribution in [0.4, 0.5) is 11.6 Å². The van der Waals surface area contributed by atoms with Crippen LogP contribution in [0.3, 0.4) is 0 Å². The van der Waals surface area contributed by atoms with Crippen molar-refractivity contribution in [2.45, 2.75) is 57.1 Å². The normalized spacial score (nSPS) is 17.6. The van der Waals surface area contributed by atoms with E-state index in [-0.39, 0.29) is 6.04 Å². The van der Waals surface area contributed by atoms with E-state index in [9.17, 15) is 0 Å². The summed E-state index contributed by atoms with van der Waals surface area (Å²) in [6.07, 6.45) is 3.11. The van der Waals surface area contributed by atoms with Gasteiger partial charge in [0.25, 0.3) is 0 Å². The molecule has 1 aromatic heterocycles. The van der Waals surface area contributed by atoms with E-state index in [1.54, 1.807) is 11.8 Å². The van der Waals surface area contributed by atoms with Gasteiger partial charge in [-0.15, -0.1) is 0 Å². The first-order valence-electron chi connectivity index (χ1n) is 9.03. The van der Waals surface area contributed by atoms with Crippen molar-refractivity contribution in [3.63, 3.8) is 0 Å². The molecule has 5 nitrogen and oxygen atoms in total. The van der Waals surface area contributed by atoms with Crippen molar-refractivity contribution in [1.29, 1.82) is 0 Å². The van der Waals surface area contributed by atoms with Crippen molar-refractivity contribution in [3.8, 4) is 0 Å². The maximum atomic E-state index is 5.83. The van der Waals surface area contributed by atoms with Gasteiger partial charge in [0.1, 0.15) is 11.6 Å². The first kappa shape index (κ1) is 18.6. The first-order valence-corrected chi connectivity index (χ1v) is 10.0. The number of benzene rings is 1. The summed E-state index contributed by atoms with van der Waals surface area (Å²) in [6, 6.07) is 12.8. The molecule has 0 bridgehead atoms. The molecule has 1 N–H and O–H groups in total. The summed E-state index contributed by atoms with van der Waals surface area (Å²) >= 11 is 1.64. The molecule has 0 spiro atoms. The van der Waals surface area contributed by atoms with E-state index < -0.39 is 0 Å². The summed E-state index contributed by atoms with van der Waals surface area (Å²) in [7, 11) is 0. The van der Waals surface area contributed by atoms with Crippen molar-refractivity contribution in [3.05, 3.63) is 53.8 Å². The van der Waals surface area contributed by atoms with E-state index in [0.29, 0.717) is 6.04 Å². The SMILES string of the molecule is CC[C@@H](C)Nc1cc(N2OC(C)=CC2C)nc(SCc2ccccc2)n1. The Morgan fingerprint density at radius 2 is 2.04 bits per heavy atom. The number of hydrogen-bond donors (Lipinski definition) is 1. The van der Waals surface area contributed by atoms with Crippen LogP contribution >= 0.6 is 11.8 Å². The van der Waals surface area contributed by atoms with Gasteiger partial charge in [-0.05, 0) is 38.8 Å². The van der Waals surface area contributed by atoms with Gasteiger partial charge in [0.2, 0.25) is 0 Å². The molecule has 1 aliphatic heterocycles. The Hall–Kier alpha value is -2.21. The molecule has 6 heteroatoms. The van der Waals surface area contributed by atoms with Gasteiger partial charge in [0.15, 0.2) is 11.0 Å². The van der Waals surface area contributed by atoms with Crippen LogP contribution in [0.15, 0.2) is 53.4 Å². The monoisotopic (exact) mass is 370 g/mol. The van der Waals surface area contributed by atoms with Gasteiger partial charge in [0, 0.05) is 17.9 Å². The molecule has 1 aliphatic rings. The number of rotatable bonds is 7. The van der Waals surface area contributed by atoms with E-state index >= 15 is 0 Å². The number of hydrogen-bond acceptors (Lipinski definition) is 6. The summed E-state index contributed by atoms with van der Waals surface area (Å²) in [5, 5.41) is 6.04. The molecule has 1 unspecified atom stereocenters. The summed E-state index contributed by atoms with van der Waals surface area (Å²) in [5.41, 5.74) is 1.26. The Morgan fingerprint density at radius 3 is 2.69 bits per heavy atom. The van der Waals surface area contributed by atoms with Crippen molar-refractivity contribution < 1.29 is 4.84 Å². The fraction of sp³-hybridized carbons (Fsp3) is 0.400. The standard InChI is InChI=1S/C20H26N4OS/c1-5-14(2)21-18-12-19(24-15(3)11-16(4)25-24)23-20(22-18)26-13-17-9-7-6-8-10-17/h6-12,14-15H,5,13H2,1-4H3,(H,21,22,23)/t14-,15?/m1/s1. The molecule has 26 heavy (non-hydrogen) atoms. The molecule has 2 aromatic rings. The Morgan fingerprint density at radius 1 is 1.27 bits per heavy atom. The van der Waals surface area contributed by atoms with Gasteiger partial charge in [-0.2, -0.15) is 5.06 Å². The molecule has 3 rings (SSSR count). The fourth-order valence-corrected chi connectivity index (χ4v) is 3.48. The van der Waals surface area contributed by atoms with Crippen molar-refractivity contribution >= 4 is 23.4 Å². The summed E-state index contributed by atoms with van der Waals surface area (Å²) in [5.74, 6) is 3.34. The minimum absolute atomic E-state index is 0.147. The van der Waals surface area contributed by atoms with Crippen molar-refractivity contribution in [2.75, 3.05) is 10.4 Å². The zero-order valence-corrected chi connectivity index (χ0v) is 16.6. The zero-order chi connectivity index (χ0) is 18.5. The maximum absolute atomic E-state index is 5.83. The van der Waals surface area contributed by atoms with Gasteiger partial charge in [-0.25, -0.2) is 9.97 Å². The number of allylic oxidation sites excluding steroid dienone is 1. The predicted octanol–water partition coefficient (Wildman–Crippen LogP) is 5.02. The quantitative estimate of drug-likeness (QED) is 0.545. The number of thioether (sulfide) groups is 1. The van der Waals surface area contributed by atoms with E-state index in [0.717, 1.165) is 34.7 Å². The molecular weight excluding hydrogens is 344 g/mol. The number of aromatic nitrogens is 2.